The van der Waals surface area contributed by atoms with E-state index < -0.39 is 17.7 Å². The number of likely N-dealkylation sites (N-methyl/N-ethyl adjacent to an activating group) is 1. The third-order valence-electron chi connectivity index (χ3n) is 4.47. The van der Waals surface area contributed by atoms with Gasteiger partial charge in [-0.15, -0.1) is 0 Å². The zero-order valence-electron chi connectivity index (χ0n) is 15.1. The fourth-order valence-corrected chi connectivity index (χ4v) is 3.20. The van der Waals surface area contributed by atoms with E-state index in [2.05, 4.69) is 4.98 Å². The molecule has 1 saturated heterocycles. The van der Waals surface area contributed by atoms with E-state index in [0.29, 0.717) is 23.7 Å². The molecule has 140 valence electrons. The number of hydrogen-bond donors (Lipinski definition) is 1. The zero-order chi connectivity index (χ0) is 19.6. The number of aliphatic hydroxyl groups excluding tert-OH is 1. The van der Waals surface area contributed by atoms with Crippen LogP contribution in [-0.4, -0.2) is 58.8 Å². The Bertz CT molecular complexity index is 879. The number of carbonyl (C=O) groups is 2. The largest absolute Gasteiger partial charge is 0.507 e. The summed E-state index contributed by atoms with van der Waals surface area (Å²) in [6.45, 7) is 0.956. The molecule has 1 aliphatic rings. The summed E-state index contributed by atoms with van der Waals surface area (Å²) in [7, 11) is 3.79. The van der Waals surface area contributed by atoms with Crippen LogP contribution in [-0.2, 0) is 9.59 Å². The van der Waals surface area contributed by atoms with Gasteiger partial charge >= 0.3 is 0 Å². The van der Waals surface area contributed by atoms with Gasteiger partial charge in [0.1, 0.15) is 5.76 Å². The van der Waals surface area contributed by atoms with E-state index in [1.165, 1.54) is 4.90 Å². The maximum absolute atomic E-state index is 12.8. The monoisotopic (exact) mass is 385 g/mol. The maximum atomic E-state index is 12.8. The van der Waals surface area contributed by atoms with Gasteiger partial charge in [-0.25, -0.2) is 0 Å². The minimum absolute atomic E-state index is 0.0762. The molecule has 6 nitrogen and oxygen atoms in total. The third kappa shape index (κ3) is 3.86. The maximum Gasteiger partial charge on any atom is 0.295 e. The van der Waals surface area contributed by atoms with Crippen molar-refractivity contribution in [2.45, 2.75) is 6.04 Å². The number of benzene rings is 1. The lowest BCUT2D eigenvalue weighted by Gasteiger charge is -2.26. The van der Waals surface area contributed by atoms with Gasteiger partial charge in [-0.1, -0.05) is 11.6 Å². The Morgan fingerprint density at radius 1 is 1.15 bits per heavy atom. The molecule has 1 atom stereocenters. The Balaban J connectivity index is 2.12. The van der Waals surface area contributed by atoms with Crippen molar-refractivity contribution >= 4 is 29.1 Å². The molecule has 2 aromatic rings. The van der Waals surface area contributed by atoms with Gasteiger partial charge in [0.2, 0.25) is 0 Å². The second-order valence-electron chi connectivity index (χ2n) is 6.58. The first-order valence-electron chi connectivity index (χ1n) is 8.49. The summed E-state index contributed by atoms with van der Waals surface area (Å²) in [6.07, 6.45) is 3.20. The van der Waals surface area contributed by atoms with Crippen LogP contribution in [0.3, 0.4) is 0 Å². The second-order valence-corrected chi connectivity index (χ2v) is 7.02. The minimum Gasteiger partial charge on any atom is -0.507 e. The summed E-state index contributed by atoms with van der Waals surface area (Å²) < 4.78 is 0. The van der Waals surface area contributed by atoms with E-state index >= 15 is 0 Å². The van der Waals surface area contributed by atoms with E-state index in [4.69, 9.17) is 11.6 Å². The predicted molar refractivity (Wildman–Crippen MR) is 103 cm³/mol. The predicted octanol–water partition coefficient (Wildman–Crippen LogP) is 2.72. The molecule has 0 bridgehead atoms. The number of Topliss-reactive ketones (excluding diaryl/α,β-unsaturated/α-hetero) is 1. The molecule has 3 rings (SSSR count). The number of halogens is 1. The number of aliphatic hydroxyl groups is 1. The Kier molecular flexibility index (Phi) is 5.58. The molecular weight excluding hydrogens is 366 g/mol. The highest BCUT2D eigenvalue weighted by Gasteiger charge is 2.45. The number of ketones is 1. The fourth-order valence-electron chi connectivity index (χ4n) is 3.07. The van der Waals surface area contributed by atoms with Gasteiger partial charge in [0, 0.05) is 36.1 Å². The number of carbonyl (C=O) groups excluding carboxylic acids is 2. The molecule has 0 aliphatic carbocycles. The number of rotatable bonds is 5. The number of amides is 1. The number of nitrogens with zero attached hydrogens (tertiary/aromatic N) is 3. The van der Waals surface area contributed by atoms with Crippen LogP contribution in [0.15, 0.2) is 54.4 Å². The standard InChI is InChI=1S/C20H20ClN3O3/c1-23(2)11-12-24-17(13-7-9-22-10-8-13)16(19(26)20(24)27)18(25)14-3-5-15(21)6-4-14/h3-10,17,25H,11-12H2,1-2H3/b18-16-. The van der Waals surface area contributed by atoms with E-state index in [0.717, 1.165) is 5.56 Å². The summed E-state index contributed by atoms with van der Waals surface area (Å²) in [6, 6.07) is 9.31. The van der Waals surface area contributed by atoms with E-state index in [1.807, 2.05) is 19.0 Å². The molecule has 2 heterocycles. The topological polar surface area (TPSA) is 73.7 Å². The second kappa shape index (κ2) is 7.90. The highest BCUT2D eigenvalue weighted by atomic mass is 35.5. The molecule has 0 radical (unpaired) electrons. The molecular formula is C20H20ClN3O3. The number of aromatic nitrogens is 1. The zero-order valence-corrected chi connectivity index (χ0v) is 15.8. The third-order valence-corrected chi connectivity index (χ3v) is 4.72. The smallest absolute Gasteiger partial charge is 0.295 e. The van der Waals surface area contributed by atoms with E-state index in [1.54, 1.807) is 48.8 Å². The van der Waals surface area contributed by atoms with Gasteiger partial charge in [0.15, 0.2) is 0 Å². The van der Waals surface area contributed by atoms with Crippen LogP contribution < -0.4 is 0 Å². The van der Waals surface area contributed by atoms with Crippen molar-refractivity contribution in [1.82, 2.24) is 14.8 Å². The highest BCUT2D eigenvalue weighted by molar-refractivity contribution is 6.46. The first kappa shape index (κ1) is 19.1. The molecule has 27 heavy (non-hydrogen) atoms. The lowest BCUT2D eigenvalue weighted by Crippen LogP contribution is -2.35. The average molecular weight is 386 g/mol. The van der Waals surface area contributed by atoms with Crippen LogP contribution in [0.1, 0.15) is 17.2 Å². The average Bonchev–Trinajstić information content (AvgIpc) is 2.91. The first-order chi connectivity index (χ1) is 12.9. The molecule has 1 fully saturated rings. The molecule has 7 heteroatoms. The highest BCUT2D eigenvalue weighted by Crippen LogP contribution is 2.39. The van der Waals surface area contributed by atoms with Crippen LogP contribution in [0.5, 0.6) is 0 Å². The molecule has 1 amide bonds. The first-order valence-corrected chi connectivity index (χ1v) is 8.87. The lowest BCUT2D eigenvalue weighted by molar-refractivity contribution is -0.140. The Morgan fingerprint density at radius 2 is 1.78 bits per heavy atom. The van der Waals surface area contributed by atoms with Crippen molar-refractivity contribution < 1.29 is 14.7 Å². The molecule has 1 N–H and O–H groups in total. The van der Waals surface area contributed by atoms with Crippen LogP contribution in [0.25, 0.3) is 5.76 Å². The van der Waals surface area contributed by atoms with Gasteiger partial charge in [0.05, 0.1) is 11.6 Å². The molecule has 0 spiro atoms. The van der Waals surface area contributed by atoms with Crippen LogP contribution in [0.4, 0.5) is 0 Å². The Labute approximate surface area is 162 Å². The summed E-state index contributed by atoms with van der Waals surface area (Å²) >= 11 is 5.91. The Hall–Kier alpha value is -2.70. The number of likely N-dealkylation sites (tertiary alicyclic amines) is 1. The van der Waals surface area contributed by atoms with Gasteiger partial charge < -0.3 is 14.9 Å². The van der Waals surface area contributed by atoms with Crippen LogP contribution >= 0.6 is 11.6 Å². The SMILES string of the molecule is CN(C)CCN1C(=O)C(=O)/C(=C(\O)c2ccc(Cl)cc2)C1c1ccncc1. The van der Waals surface area contributed by atoms with Gasteiger partial charge in [-0.3, -0.25) is 14.6 Å². The lowest BCUT2D eigenvalue weighted by atomic mass is 9.96. The van der Waals surface area contributed by atoms with Crippen LogP contribution in [0.2, 0.25) is 5.02 Å². The van der Waals surface area contributed by atoms with Crippen molar-refractivity contribution in [3.63, 3.8) is 0 Å². The molecule has 0 saturated carbocycles. The van der Waals surface area contributed by atoms with Crippen molar-refractivity contribution in [2.75, 3.05) is 27.2 Å². The van der Waals surface area contributed by atoms with Crippen molar-refractivity contribution in [1.29, 1.82) is 0 Å². The van der Waals surface area contributed by atoms with Crippen molar-refractivity contribution in [3.05, 3.63) is 70.5 Å². The Morgan fingerprint density at radius 3 is 2.37 bits per heavy atom. The molecule has 1 unspecified atom stereocenters. The minimum atomic E-state index is -0.692. The van der Waals surface area contributed by atoms with Crippen LogP contribution in [0, 0.1) is 0 Å². The van der Waals surface area contributed by atoms with Crippen molar-refractivity contribution in [3.8, 4) is 0 Å². The van der Waals surface area contributed by atoms with Gasteiger partial charge in [-0.2, -0.15) is 0 Å². The van der Waals surface area contributed by atoms with E-state index in [-0.39, 0.29) is 11.3 Å². The quantitative estimate of drug-likeness (QED) is 0.486. The van der Waals surface area contributed by atoms with Gasteiger partial charge in [0.25, 0.3) is 11.7 Å². The van der Waals surface area contributed by atoms with E-state index in [9.17, 15) is 14.7 Å². The van der Waals surface area contributed by atoms with Crippen molar-refractivity contribution in [2.24, 2.45) is 0 Å². The molecule has 1 aliphatic heterocycles. The molecule has 1 aromatic heterocycles. The summed E-state index contributed by atoms with van der Waals surface area (Å²) in [4.78, 5) is 32.9. The molecule has 1 aromatic carbocycles. The summed E-state index contributed by atoms with van der Waals surface area (Å²) in [5.74, 6) is -1.52. The fraction of sp³-hybridized carbons (Fsp3) is 0.250. The van der Waals surface area contributed by atoms with Gasteiger partial charge in [-0.05, 0) is 56.1 Å². The normalized spacial score (nSPS) is 19.1. The number of hydrogen-bond acceptors (Lipinski definition) is 5. The summed E-state index contributed by atoms with van der Waals surface area (Å²) in [5, 5.41) is 11.4. The number of pyridine rings is 1. The summed E-state index contributed by atoms with van der Waals surface area (Å²) in [5.41, 5.74) is 1.23.